The van der Waals surface area contributed by atoms with Crippen LogP contribution in [0.25, 0.3) is 25.1 Å². The predicted molar refractivity (Wildman–Crippen MR) is 96.7 cm³/mol. The minimum Gasteiger partial charge on any atom is -0.0936 e. The van der Waals surface area contributed by atoms with Gasteiger partial charge in [0, 0.05) is 21.2 Å². The summed E-state index contributed by atoms with van der Waals surface area (Å²) >= 11 is 0. The number of thiophene rings is 1. The van der Waals surface area contributed by atoms with Gasteiger partial charge in [-0.2, -0.15) is 0 Å². The van der Waals surface area contributed by atoms with Crippen molar-refractivity contribution in [2.45, 2.75) is 4.90 Å². The topological polar surface area (TPSA) is 0 Å². The summed E-state index contributed by atoms with van der Waals surface area (Å²) in [5.41, 5.74) is 0. The second-order valence-corrected chi connectivity index (χ2v) is 10.1. The maximum atomic E-state index is 12.9. The Balaban J connectivity index is 1.99. The third-order valence-corrected chi connectivity index (χ3v) is 7.51. The summed E-state index contributed by atoms with van der Waals surface area (Å²) < 4.78 is 66.7. The van der Waals surface area contributed by atoms with Crippen LogP contribution in [0.4, 0.5) is 19.4 Å². The molecule has 0 unspecified atom stereocenters. The van der Waals surface area contributed by atoms with Gasteiger partial charge in [0.15, 0.2) is 14.3 Å². The van der Waals surface area contributed by atoms with Crippen molar-refractivity contribution in [3.05, 3.63) is 72.8 Å². The minimum atomic E-state index is -9.65. The van der Waals surface area contributed by atoms with Gasteiger partial charge in [0.05, 0.1) is 0 Å². The molecule has 0 nitrogen and oxygen atoms in total. The Hall–Kier alpha value is -2.12. The van der Waals surface area contributed by atoms with Crippen LogP contribution >= 0.6 is 20.7 Å². The first-order chi connectivity index (χ1) is 11.5. The fourth-order valence-electron chi connectivity index (χ4n) is 2.94. The van der Waals surface area contributed by atoms with E-state index in [1.54, 1.807) is 0 Å². The molecule has 130 valence electrons. The van der Waals surface area contributed by atoms with E-state index in [4.69, 9.17) is 0 Å². The zero-order chi connectivity index (χ0) is 17.9. The maximum absolute atomic E-state index is 12.9. The molecule has 0 spiro atoms. The van der Waals surface area contributed by atoms with Crippen LogP contribution in [0.1, 0.15) is 0 Å². The molecule has 0 amide bonds. The average molecular weight is 387 g/mol. The molecule has 0 saturated heterocycles. The van der Waals surface area contributed by atoms with Gasteiger partial charge in [-0.3, -0.25) is 0 Å². The standard InChI is InChI=1S/C18H12F5S2/c19-25(20,21,22,23)14-11-9-13(10-12-14)24-17-7-3-1-5-15(17)16-6-2-4-8-18(16)24/h1-12H/q+1. The van der Waals surface area contributed by atoms with Crippen LogP contribution in [-0.2, 0) is 0 Å². The Morgan fingerprint density at radius 1 is 0.560 bits per heavy atom. The maximum Gasteiger partial charge on any atom is 0.310 e. The van der Waals surface area contributed by atoms with Crippen molar-refractivity contribution in [1.82, 2.24) is 0 Å². The van der Waals surface area contributed by atoms with Gasteiger partial charge in [-0.05, 0) is 48.5 Å². The van der Waals surface area contributed by atoms with Gasteiger partial charge in [0.2, 0.25) is 0 Å². The molecule has 4 aromatic rings. The van der Waals surface area contributed by atoms with Crippen LogP contribution < -0.4 is 0 Å². The lowest BCUT2D eigenvalue weighted by Crippen LogP contribution is -2.05. The van der Waals surface area contributed by atoms with E-state index in [1.807, 2.05) is 48.5 Å². The van der Waals surface area contributed by atoms with Crippen molar-refractivity contribution in [2.24, 2.45) is 0 Å². The van der Waals surface area contributed by atoms with Gasteiger partial charge >= 0.3 is 10.2 Å². The third kappa shape index (κ3) is 2.77. The van der Waals surface area contributed by atoms with Crippen LogP contribution in [0.2, 0.25) is 0 Å². The number of hydrogen-bond acceptors (Lipinski definition) is 0. The van der Waals surface area contributed by atoms with E-state index in [1.165, 1.54) is 0 Å². The SMILES string of the molecule is FS(F)(F)(F)(F)c1ccc(-[s+]2c3ccccc3c3ccccc32)cc1. The molecular formula is C18H12F5S2+. The highest BCUT2D eigenvalue weighted by Crippen LogP contribution is 3.02. The molecule has 4 rings (SSSR count). The molecule has 0 radical (unpaired) electrons. The smallest absolute Gasteiger partial charge is 0.0936 e. The van der Waals surface area contributed by atoms with Crippen LogP contribution in [0.15, 0.2) is 77.7 Å². The molecule has 0 atom stereocenters. The van der Waals surface area contributed by atoms with E-state index >= 15 is 0 Å². The average Bonchev–Trinajstić information content (AvgIpc) is 2.87. The first-order valence-electron chi connectivity index (χ1n) is 7.31. The Morgan fingerprint density at radius 2 is 1.00 bits per heavy atom. The number of hydrogen-bond donors (Lipinski definition) is 0. The van der Waals surface area contributed by atoms with E-state index in [0.717, 1.165) is 32.3 Å². The van der Waals surface area contributed by atoms with Gasteiger partial charge in [-0.25, -0.2) is 0 Å². The summed E-state index contributed by atoms with van der Waals surface area (Å²) in [6.07, 6.45) is 0. The third-order valence-electron chi connectivity index (χ3n) is 4.01. The first-order valence-corrected chi connectivity index (χ1v) is 10.5. The Kier molecular flexibility index (Phi) is 2.96. The zero-order valence-electron chi connectivity index (χ0n) is 12.6. The van der Waals surface area contributed by atoms with Crippen LogP contribution in [0.3, 0.4) is 0 Å². The van der Waals surface area contributed by atoms with E-state index in [2.05, 4.69) is 0 Å². The number of fused-ring (bicyclic) bond motifs is 3. The highest BCUT2D eigenvalue weighted by Gasteiger charge is 2.65. The normalized spacial score (nSPS) is 15.2. The molecule has 1 heterocycles. The van der Waals surface area contributed by atoms with Gasteiger partial charge in [-0.1, -0.05) is 43.7 Å². The fourth-order valence-corrected chi connectivity index (χ4v) is 5.97. The first kappa shape index (κ1) is 16.4. The molecule has 3 aromatic carbocycles. The van der Waals surface area contributed by atoms with E-state index in [-0.39, 0.29) is 0 Å². The van der Waals surface area contributed by atoms with Crippen molar-refractivity contribution in [3.63, 3.8) is 0 Å². The van der Waals surface area contributed by atoms with Crippen molar-refractivity contribution in [3.8, 4) is 4.90 Å². The molecule has 0 aliphatic rings. The van der Waals surface area contributed by atoms with Gasteiger partial charge in [0.25, 0.3) is 0 Å². The highest BCUT2D eigenvalue weighted by atomic mass is 32.5. The summed E-state index contributed by atoms with van der Waals surface area (Å²) in [7, 11) is -10.2. The largest absolute Gasteiger partial charge is 0.310 e. The number of halogens is 5. The highest BCUT2D eigenvalue weighted by molar-refractivity contribution is 8.45. The molecule has 0 bridgehead atoms. The van der Waals surface area contributed by atoms with Crippen molar-refractivity contribution in [1.29, 1.82) is 0 Å². The fraction of sp³-hybridized carbons (Fsp3) is 0. The van der Waals surface area contributed by atoms with Crippen molar-refractivity contribution in [2.75, 3.05) is 0 Å². The summed E-state index contributed by atoms with van der Waals surface area (Å²) in [5, 5.41) is 2.05. The lowest BCUT2D eigenvalue weighted by molar-refractivity contribution is 0.364. The van der Waals surface area contributed by atoms with Crippen molar-refractivity contribution >= 4 is 40.9 Å². The quantitative estimate of drug-likeness (QED) is 0.239. The van der Waals surface area contributed by atoms with Crippen molar-refractivity contribution < 1.29 is 19.4 Å². The molecule has 0 N–H and O–H groups in total. The predicted octanol–water partition coefficient (Wildman–Crippen LogP) is 8.39. The van der Waals surface area contributed by atoms with E-state index in [0.29, 0.717) is 17.0 Å². The van der Waals surface area contributed by atoms with Crippen LogP contribution in [-0.4, -0.2) is 0 Å². The van der Waals surface area contributed by atoms with Crippen LogP contribution in [0.5, 0.6) is 0 Å². The summed E-state index contributed by atoms with van der Waals surface area (Å²) in [6, 6.07) is 18.6. The zero-order valence-corrected chi connectivity index (χ0v) is 14.3. The van der Waals surface area contributed by atoms with Crippen LogP contribution in [0, 0.1) is 0 Å². The molecule has 0 aliphatic heterocycles. The summed E-state index contributed by atoms with van der Waals surface area (Å²) in [4.78, 5) is -1.27. The van der Waals surface area contributed by atoms with E-state index in [9.17, 15) is 19.4 Å². The molecular weight excluding hydrogens is 375 g/mol. The molecule has 7 heteroatoms. The lowest BCUT2D eigenvalue weighted by Gasteiger charge is -2.40. The molecule has 0 fully saturated rings. The van der Waals surface area contributed by atoms with Gasteiger partial charge < -0.3 is 0 Å². The molecule has 0 aliphatic carbocycles. The Morgan fingerprint density at radius 3 is 1.44 bits per heavy atom. The second-order valence-electron chi connectivity index (χ2n) is 5.74. The molecule has 0 saturated carbocycles. The summed E-state index contributed by atoms with van der Waals surface area (Å²) in [6.45, 7) is 0. The molecule has 25 heavy (non-hydrogen) atoms. The van der Waals surface area contributed by atoms with E-state index < -0.39 is 25.6 Å². The summed E-state index contributed by atoms with van der Waals surface area (Å²) in [5.74, 6) is 0. The Bertz CT molecular complexity index is 1060. The second kappa shape index (κ2) is 4.53. The number of benzene rings is 3. The molecule has 1 aromatic heterocycles. The Labute approximate surface area is 143 Å². The number of rotatable bonds is 2. The minimum absolute atomic E-state index is 0.493. The van der Waals surface area contributed by atoms with Gasteiger partial charge in [-0.15, -0.1) is 0 Å². The van der Waals surface area contributed by atoms with Gasteiger partial charge in [0.1, 0.15) is 4.90 Å². The lowest BCUT2D eigenvalue weighted by atomic mass is 10.2. The monoisotopic (exact) mass is 387 g/mol.